The summed E-state index contributed by atoms with van der Waals surface area (Å²) < 4.78 is 10.7. The second-order valence-corrected chi connectivity index (χ2v) is 7.18. The van der Waals surface area contributed by atoms with Gasteiger partial charge < -0.3 is 19.8 Å². The number of amides is 2. The van der Waals surface area contributed by atoms with E-state index >= 15 is 0 Å². The molecule has 0 radical (unpaired) electrons. The van der Waals surface area contributed by atoms with Crippen LogP contribution in [-0.2, 0) is 22.6 Å². The van der Waals surface area contributed by atoms with Crippen LogP contribution in [0, 0.1) is 5.92 Å². The largest absolute Gasteiger partial charge is 0.469 e. The van der Waals surface area contributed by atoms with Crippen molar-refractivity contribution in [2.45, 2.75) is 51.8 Å². The summed E-state index contributed by atoms with van der Waals surface area (Å²) in [5, 5.41) is 5.75. The molecule has 2 atom stereocenters. The molecule has 1 heterocycles. The minimum absolute atomic E-state index is 0.0679. The Bertz CT molecular complexity index is 769. The Kier molecular flexibility index (Phi) is 6.16. The fourth-order valence-electron chi connectivity index (χ4n) is 3.32. The highest BCUT2D eigenvalue weighted by atomic mass is 16.5. The van der Waals surface area contributed by atoms with Gasteiger partial charge in [-0.25, -0.2) is 4.79 Å². The van der Waals surface area contributed by atoms with Gasteiger partial charge in [-0.3, -0.25) is 4.79 Å². The molecule has 0 fully saturated rings. The zero-order chi connectivity index (χ0) is 19.2. The van der Waals surface area contributed by atoms with E-state index in [2.05, 4.69) is 10.6 Å². The molecule has 6 heteroatoms. The molecular formula is C21H26N2O4. The van der Waals surface area contributed by atoms with Crippen molar-refractivity contribution < 1.29 is 18.7 Å². The van der Waals surface area contributed by atoms with Gasteiger partial charge in [-0.15, -0.1) is 0 Å². The molecule has 2 amide bonds. The molecule has 0 bridgehead atoms. The highest BCUT2D eigenvalue weighted by molar-refractivity contribution is 5.86. The fraction of sp³-hybridized carbons (Fsp3) is 0.429. The van der Waals surface area contributed by atoms with Crippen molar-refractivity contribution in [3.8, 4) is 0 Å². The van der Waals surface area contributed by atoms with E-state index in [1.165, 1.54) is 0 Å². The number of ether oxygens (including phenoxy) is 1. The Hall–Kier alpha value is -2.76. The van der Waals surface area contributed by atoms with Crippen LogP contribution in [-0.4, -0.2) is 18.0 Å². The minimum atomic E-state index is -0.662. The molecule has 1 aliphatic carbocycles. The first kappa shape index (κ1) is 19.0. The number of furan rings is 1. The quantitative estimate of drug-likeness (QED) is 0.812. The topological polar surface area (TPSA) is 80.6 Å². The molecular weight excluding hydrogens is 344 g/mol. The van der Waals surface area contributed by atoms with Crippen molar-refractivity contribution in [3.05, 3.63) is 59.5 Å². The summed E-state index contributed by atoms with van der Waals surface area (Å²) in [7, 11) is 0. The number of hydrogen-bond donors (Lipinski definition) is 2. The lowest BCUT2D eigenvalue weighted by molar-refractivity contribution is -0.125. The maximum atomic E-state index is 12.8. The van der Waals surface area contributed by atoms with Gasteiger partial charge in [0.2, 0.25) is 5.91 Å². The maximum Gasteiger partial charge on any atom is 0.408 e. The van der Waals surface area contributed by atoms with Crippen molar-refractivity contribution in [2.75, 3.05) is 0 Å². The average Bonchev–Trinajstić information content (AvgIpc) is 3.15. The molecule has 27 heavy (non-hydrogen) atoms. The molecule has 1 aromatic carbocycles. The third-order valence-electron chi connectivity index (χ3n) is 4.80. The Balaban J connectivity index is 1.57. The second kappa shape index (κ2) is 8.75. The predicted molar refractivity (Wildman–Crippen MR) is 101 cm³/mol. The van der Waals surface area contributed by atoms with Crippen LogP contribution < -0.4 is 10.6 Å². The van der Waals surface area contributed by atoms with Crippen LogP contribution in [0.1, 0.15) is 49.6 Å². The molecule has 1 unspecified atom stereocenters. The highest BCUT2D eigenvalue weighted by Crippen LogP contribution is 2.30. The van der Waals surface area contributed by atoms with Crippen molar-refractivity contribution in [1.82, 2.24) is 10.6 Å². The lowest BCUT2D eigenvalue weighted by Crippen LogP contribution is -2.50. The maximum absolute atomic E-state index is 12.8. The number of aryl methyl sites for hydroxylation is 1. The van der Waals surface area contributed by atoms with E-state index < -0.39 is 12.1 Å². The van der Waals surface area contributed by atoms with Gasteiger partial charge in [-0.1, -0.05) is 44.2 Å². The normalized spacial score (nSPS) is 17.1. The van der Waals surface area contributed by atoms with Gasteiger partial charge in [0.1, 0.15) is 18.4 Å². The summed E-state index contributed by atoms with van der Waals surface area (Å²) in [6, 6.07) is 10.6. The molecule has 2 aromatic rings. The summed E-state index contributed by atoms with van der Waals surface area (Å²) >= 11 is 0. The van der Waals surface area contributed by atoms with Gasteiger partial charge in [0.25, 0.3) is 0 Å². The first-order chi connectivity index (χ1) is 13.0. The van der Waals surface area contributed by atoms with Crippen LogP contribution in [0.25, 0.3) is 0 Å². The molecule has 2 N–H and O–H groups in total. The molecule has 3 rings (SSSR count). The standard InChI is InChI=1S/C21H26N2O4/c1-14(2)19(23-21(25)27-13-15-7-4-3-5-8-15)20(24)22-17-9-6-10-18-16(17)11-12-26-18/h3-5,7-8,11-12,14,17,19H,6,9-10,13H2,1-2H3,(H,22,24)(H,23,25)/t17?,19-/m0/s1. The zero-order valence-electron chi connectivity index (χ0n) is 15.7. The van der Waals surface area contributed by atoms with E-state index in [1.54, 1.807) is 6.26 Å². The summed E-state index contributed by atoms with van der Waals surface area (Å²) in [6.45, 7) is 3.96. The predicted octanol–water partition coefficient (Wildman–Crippen LogP) is 3.72. The SMILES string of the molecule is CC(C)[C@H](NC(=O)OCc1ccccc1)C(=O)NC1CCCc2occc21. The Labute approximate surface area is 159 Å². The highest BCUT2D eigenvalue weighted by Gasteiger charge is 2.29. The van der Waals surface area contributed by atoms with Gasteiger partial charge in [-0.05, 0) is 30.4 Å². The van der Waals surface area contributed by atoms with Gasteiger partial charge in [-0.2, -0.15) is 0 Å². The third kappa shape index (κ3) is 4.90. The van der Waals surface area contributed by atoms with Gasteiger partial charge in [0, 0.05) is 12.0 Å². The summed E-state index contributed by atoms with van der Waals surface area (Å²) in [4.78, 5) is 24.9. The van der Waals surface area contributed by atoms with Gasteiger partial charge >= 0.3 is 6.09 Å². The van der Waals surface area contributed by atoms with E-state index in [-0.39, 0.29) is 24.5 Å². The number of nitrogens with one attached hydrogen (secondary N) is 2. The van der Waals surface area contributed by atoms with E-state index in [1.807, 2.05) is 50.2 Å². The molecule has 1 aliphatic rings. The van der Waals surface area contributed by atoms with Crippen LogP contribution in [0.5, 0.6) is 0 Å². The number of hydrogen-bond acceptors (Lipinski definition) is 4. The lowest BCUT2D eigenvalue weighted by Gasteiger charge is -2.27. The summed E-state index contributed by atoms with van der Waals surface area (Å²) in [5.41, 5.74) is 1.93. The Morgan fingerprint density at radius 2 is 2.00 bits per heavy atom. The van der Waals surface area contributed by atoms with Crippen LogP contribution in [0.3, 0.4) is 0 Å². The molecule has 0 saturated heterocycles. The molecule has 1 aromatic heterocycles. The fourth-order valence-corrected chi connectivity index (χ4v) is 3.32. The van der Waals surface area contributed by atoms with Gasteiger partial charge in [0.15, 0.2) is 0 Å². The first-order valence-electron chi connectivity index (χ1n) is 9.38. The van der Waals surface area contributed by atoms with E-state index in [9.17, 15) is 9.59 Å². The zero-order valence-corrected chi connectivity index (χ0v) is 15.7. The first-order valence-corrected chi connectivity index (χ1v) is 9.38. The van der Waals surface area contributed by atoms with Crippen molar-refractivity contribution >= 4 is 12.0 Å². The summed E-state index contributed by atoms with van der Waals surface area (Å²) in [5.74, 6) is 0.658. The Morgan fingerprint density at radius 1 is 1.22 bits per heavy atom. The number of alkyl carbamates (subject to hydrolysis) is 1. The van der Waals surface area contributed by atoms with Crippen molar-refractivity contribution in [2.24, 2.45) is 5.92 Å². The monoisotopic (exact) mass is 370 g/mol. The lowest BCUT2D eigenvalue weighted by atomic mass is 9.92. The van der Waals surface area contributed by atoms with E-state index in [0.29, 0.717) is 0 Å². The van der Waals surface area contributed by atoms with Crippen LogP contribution in [0.4, 0.5) is 4.79 Å². The van der Waals surface area contributed by atoms with Crippen molar-refractivity contribution in [1.29, 1.82) is 0 Å². The van der Waals surface area contributed by atoms with E-state index in [0.717, 1.165) is 36.1 Å². The molecule has 0 aliphatic heterocycles. The second-order valence-electron chi connectivity index (χ2n) is 7.18. The van der Waals surface area contributed by atoms with Crippen LogP contribution >= 0.6 is 0 Å². The number of carbonyl (C=O) groups is 2. The number of fused-ring (bicyclic) bond motifs is 1. The van der Waals surface area contributed by atoms with Crippen molar-refractivity contribution in [3.63, 3.8) is 0 Å². The van der Waals surface area contributed by atoms with Gasteiger partial charge in [0.05, 0.1) is 12.3 Å². The number of carbonyl (C=O) groups excluding carboxylic acids is 2. The summed E-state index contributed by atoms with van der Waals surface area (Å²) in [6.07, 6.45) is 3.78. The third-order valence-corrected chi connectivity index (χ3v) is 4.80. The molecule has 144 valence electrons. The van der Waals surface area contributed by atoms with Crippen LogP contribution in [0.2, 0.25) is 0 Å². The smallest absolute Gasteiger partial charge is 0.408 e. The number of benzene rings is 1. The van der Waals surface area contributed by atoms with E-state index in [4.69, 9.17) is 9.15 Å². The average molecular weight is 370 g/mol. The number of rotatable bonds is 6. The Morgan fingerprint density at radius 3 is 2.74 bits per heavy atom. The minimum Gasteiger partial charge on any atom is -0.469 e. The molecule has 0 saturated carbocycles. The molecule has 6 nitrogen and oxygen atoms in total. The van der Waals surface area contributed by atoms with Crippen LogP contribution in [0.15, 0.2) is 47.1 Å². The molecule has 0 spiro atoms.